The summed E-state index contributed by atoms with van der Waals surface area (Å²) < 4.78 is 57.3. The van der Waals surface area contributed by atoms with Crippen molar-refractivity contribution in [1.29, 1.82) is 0 Å². The average molecular weight is 834 g/mol. The van der Waals surface area contributed by atoms with Crippen LogP contribution in [-0.2, 0) is 46.3 Å². The van der Waals surface area contributed by atoms with Crippen LogP contribution in [-0.4, -0.2) is 125 Å². The number of nitrogens with zero attached hydrogens (tertiary/aromatic N) is 1. The zero-order chi connectivity index (χ0) is 40.9. The molecule has 1 amide bonds. The molecule has 2 aliphatic heterocycles. The minimum absolute atomic E-state index is 0.264. The van der Waals surface area contributed by atoms with Crippen LogP contribution >= 0.6 is 15.6 Å². The van der Waals surface area contributed by atoms with Crippen molar-refractivity contribution in [2.24, 2.45) is 0 Å². The monoisotopic (exact) mass is 833 g/mol. The first-order valence-corrected chi connectivity index (χ1v) is 21.0. The molecule has 0 aromatic carbocycles. The molecule has 3 rings (SSSR count). The second-order valence-electron chi connectivity index (χ2n) is 13.4. The molecule has 0 aliphatic carbocycles. The van der Waals surface area contributed by atoms with Gasteiger partial charge in [0.25, 0.3) is 5.56 Å². The highest BCUT2D eigenvalue weighted by Gasteiger charge is 2.53. The Bertz CT molecular complexity index is 1590. The Hall–Kier alpha value is -2.40. The maximum atomic E-state index is 13.8. The topological polar surface area (TPSA) is 332 Å². The SMILES string of the molecule is CCCCCCCCCCCC(O)CC(=O)O[C@H]1[C@H](O)[C@@H](CO)O[C@H](OP(=O)(OC[C@H]2O[C@@H](n3ccc(=O)[nH]c3=O)[C@H](O)[C@@H]2O)OP(=O)(O)O)[C@@H]1NC(C)=O. The summed E-state index contributed by atoms with van der Waals surface area (Å²) in [6.45, 7) is 1.04. The number of nitrogens with one attached hydrogen (secondary N) is 2. The number of H-pyrrole nitrogens is 1. The van der Waals surface area contributed by atoms with Gasteiger partial charge in [-0.2, -0.15) is 4.31 Å². The lowest BCUT2D eigenvalue weighted by atomic mass is 9.96. The number of aliphatic hydroxyl groups excluding tert-OH is 5. The van der Waals surface area contributed by atoms with Crippen molar-refractivity contribution < 1.29 is 81.6 Å². The fraction of sp³-hybridized carbons (Fsp3) is 0.806. The van der Waals surface area contributed by atoms with Crippen LogP contribution in [0.1, 0.15) is 90.7 Å². The predicted octanol–water partition coefficient (Wildman–Crippen LogP) is -0.427. The number of carbonyl (C=O) groups excluding carboxylic acids is 2. The Morgan fingerprint density at radius 3 is 2.18 bits per heavy atom. The van der Waals surface area contributed by atoms with E-state index in [0.29, 0.717) is 11.0 Å². The molecule has 2 unspecified atom stereocenters. The summed E-state index contributed by atoms with van der Waals surface area (Å²) >= 11 is 0. The number of phosphoric acid groups is 2. The Morgan fingerprint density at radius 1 is 0.964 bits per heavy atom. The van der Waals surface area contributed by atoms with E-state index in [4.69, 9.17) is 23.3 Å². The highest BCUT2D eigenvalue weighted by Crippen LogP contribution is 2.62. The van der Waals surface area contributed by atoms with Gasteiger partial charge in [0, 0.05) is 19.2 Å². The minimum Gasteiger partial charge on any atom is -0.457 e. The molecule has 2 aliphatic rings. The number of hydrogen-bond donors (Lipinski definition) is 9. The molecule has 11 atom stereocenters. The number of unbranched alkanes of at least 4 members (excludes halogenated alkanes) is 8. The molecule has 3 heterocycles. The lowest BCUT2D eigenvalue weighted by molar-refractivity contribution is -0.254. The predicted molar refractivity (Wildman–Crippen MR) is 187 cm³/mol. The van der Waals surface area contributed by atoms with E-state index in [1.165, 1.54) is 19.3 Å². The van der Waals surface area contributed by atoms with Gasteiger partial charge in [0.1, 0.15) is 36.6 Å². The maximum absolute atomic E-state index is 13.8. The Balaban J connectivity index is 1.72. The molecule has 24 heteroatoms. The Morgan fingerprint density at radius 2 is 1.60 bits per heavy atom. The lowest BCUT2D eigenvalue weighted by Crippen LogP contribution is -2.65. The molecule has 2 fully saturated rings. The third kappa shape index (κ3) is 14.8. The summed E-state index contributed by atoms with van der Waals surface area (Å²) in [4.78, 5) is 69.9. The highest BCUT2D eigenvalue weighted by atomic mass is 31.3. The molecule has 0 saturated carbocycles. The van der Waals surface area contributed by atoms with Gasteiger partial charge >= 0.3 is 27.3 Å². The van der Waals surface area contributed by atoms with Gasteiger partial charge in [0.15, 0.2) is 18.6 Å². The third-order valence-corrected chi connectivity index (χ3v) is 11.4. The molecule has 2 saturated heterocycles. The second kappa shape index (κ2) is 21.9. The van der Waals surface area contributed by atoms with Gasteiger partial charge in [-0.15, -0.1) is 0 Å². The van der Waals surface area contributed by atoms with Gasteiger partial charge in [0.05, 0.1) is 25.7 Å². The second-order valence-corrected chi connectivity index (χ2v) is 16.4. The normalized spacial score (nSPS) is 28.7. The number of esters is 1. The summed E-state index contributed by atoms with van der Waals surface area (Å²) in [6.07, 6.45) is -5.76. The van der Waals surface area contributed by atoms with E-state index in [0.717, 1.165) is 51.3 Å². The quantitative estimate of drug-likeness (QED) is 0.0384. The number of carbonyl (C=O) groups is 2. The molecule has 1 aromatic rings. The van der Waals surface area contributed by atoms with Gasteiger partial charge in [-0.3, -0.25) is 33.0 Å². The van der Waals surface area contributed by atoms with Gasteiger partial charge < -0.3 is 54.8 Å². The molecule has 0 radical (unpaired) electrons. The number of rotatable bonds is 23. The molecule has 1 aromatic heterocycles. The molecule has 0 spiro atoms. The number of hydrogen-bond acceptors (Lipinski definition) is 17. The molecular formula is C31H53N3O19P2. The van der Waals surface area contributed by atoms with Gasteiger partial charge in [-0.1, -0.05) is 64.7 Å². The van der Waals surface area contributed by atoms with Crippen molar-refractivity contribution in [1.82, 2.24) is 14.9 Å². The van der Waals surface area contributed by atoms with Crippen LogP contribution in [0.15, 0.2) is 21.9 Å². The van der Waals surface area contributed by atoms with Crippen LogP contribution in [0, 0.1) is 0 Å². The van der Waals surface area contributed by atoms with Gasteiger partial charge in [-0.05, 0) is 6.42 Å². The molecular weight excluding hydrogens is 780 g/mol. The molecule has 316 valence electrons. The third-order valence-electron chi connectivity index (χ3n) is 8.83. The first kappa shape index (κ1) is 47.0. The molecule has 0 bridgehead atoms. The number of aliphatic hydroxyl groups is 5. The van der Waals surface area contributed by atoms with Crippen LogP contribution < -0.4 is 16.6 Å². The number of amides is 1. The van der Waals surface area contributed by atoms with Crippen molar-refractivity contribution >= 4 is 27.5 Å². The van der Waals surface area contributed by atoms with E-state index < -0.39 is 120 Å². The first-order valence-electron chi connectivity index (χ1n) is 18.0. The van der Waals surface area contributed by atoms with Gasteiger partial charge in [-0.25, -0.2) is 13.9 Å². The summed E-state index contributed by atoms with van der Waals surface area (Å²) in [6, 6.07) is -0.890. The standard InChI is InChI=1S/C31H53N3O19P2/c1-3-4-5-6-7-8-9-10-11-12-19(37)15-23(39)51-28-24(32-18(2)36)30(50-20(16-35)26(28)41)52-55(47,53-54(44,45)46)48-17-21-25(40)27(42)29(49-21)34-14-13-22(38)33-31(34)43/h13-14,19-21,24-30,35,37,40-42H,3-12,15-17H2,1-2H3,(H,32,36)(H,33,38,43)(H2,44,45,46)/t19?,20-,21-,24-,25-,26-,27-,28-,29-,30-,55?/m1/s1. The number of phosphoric ester groups is 1. The van der Waals surface area contributed by atoms with Crippen molar-refractivity contribution in [3.8, 4) is 0 Å². The highest BCUT2D eigenvalue weighted by molar-refractivity contribution is 7.61. The number of aromatic amines is 1. The maximum Gasteiger partial charge on any atom is 0.486 e. The first-order chi connectivity index (χ1) is 25.9. The van der Waals surface area contributed by atoms with E-state index in [1.807, 2.05) is 4.98 Å². The fourth-order valence-electron chi connectivity index (χ4n) is 6.09. The van der Waals surface area contributed by atoms with Crippen LogP contribution in [0.5, 0.6) is 0 Å². The van der Waals surface area contributed by atoms with E-state index in [9.17, 15) is 63.6 Å². The van der Waals surface area contributed by atoms with Crippen molar-refractivity contribution in [3.05, 3.63) is 33.1 Å². The number of aromatic nitrogens is 2. The van der Waals surface area contributed by atoms with Gasteiger partial charge in [0.2, 0.25) is 5.91 Å². The average Bonchev–Trinajstić information content (AvgIpc) is 3.37. The van der Waals surface area contributed by atoms with E-state index >= 15 is 0 Å². The zero-order valence-electron chi connectivity index (χ0n) is 30.5. The van der Waals surface area contributed by atoms with Crippen molar-refractivity contribution in [2.45, 2.75) is 146 Å². The van der Waals surface area contributed by atoms with Crippen molar-refractivity contribution in [2.75, 3.05) is 13.2 Å². The van der Waals surface area contributed by atoms with Crippen LogP contribution in [0.25, 0.3) is 0 Å². The lowest BCUT2D eigenvalue weighted by Gasteiger charge is -2.43. The minimum atomic E-state index is -5.77. The number of ether oxygens (including phenoxy) is 3. The Kier molecular flexibility index (Phi) is 18.7. The molecule has 22 nitrogen and oxygen atoms in total. The summed E-state index contributed by atoms with van der Waals surface area (Å²) in [7, 11) is -11.4. The van der Waals surface area contributed by atoms with E-state index in [1.54, 1.807) is 0 Å². The van der Waals surface area contributed by atoms with Crippen LogP contribution in [0.4, 0.5) is 0 Å². The zero-order valence-corrected chi connectivity index (χ0v) is 32.3. The van der Waals surface area contributed by atoms with Crippen LogP contribution in [0.3, 0.4) is 0 Å². The Labute approximate surface area is 315 Å². The van der Waals surface area contributed by atoms with Crippen molar-refractivity contribution in [3.63, 3.8) is 0 Å². The van der Waals surface area contributed by atoms with Crippen LogP contribution in [0.2, 0.25) is 0 Å². The molecule has 9 N–H and O–H groups in total. The summed E-state index contributed by atoms with van der Waals surface area (Å²) in [5, 5.41) is 54.7. The summed E-state index contributed by atoms with van der Waals surface area (Å²) in [5.74, 6) is -1.90. The fourth-order valence-corrected chi connectivity index (χ4v) is 8.30. The van der Waals surface area contributed by atoms with E-state index in [-0.39, 0.29) is 6.42 Å². The van der Waals surface area contributed by atoms with E-state index in [2.05, 4.69) is 16.6 Å². The summed E-state index contributed by atoms with van der Waals surface area (Å²) in [5.41, 5.74) is -1.81. The largest absolute Gasteiger partial charge is 0.486 e. The molecule has 55 heavy (non-hydrogen) atoms. The smallest absolute Gasteiger partial charge is 0.457 e.